The van der Waals surface area contributed by atoms with E-state index in [1.54, 1.807) is 13.3 Å². The lowest BCUT2D eigenvalue weighted by molar-refractivity contribution is -0.131. The maximum absolute atomic E-state index is 12.7. The fourth-order valence-electron chi connectivity index (χ4n) is 7.30. The van der Waals surface area contributed by atoms with Crippen LogP contribution in [0.4, 0.5) is 5.13 Å². The zero-order valence-corrected chi connectivity index (χ0v) is 22.3. The largest absolute Gasteiger partial charge is 0.427 e. The molecule has 2 aromatic rings. The quantitative estimate of drug-likeness (QED) is 0.298. The normalized spacial score (nSPS) is 29.7. The zero-order chi connectivity index (χ0) is 25.4. The number of aromatic nitrogens is 1. The van der Waals surface area contributed by atoms with Gasteiger partial charge in [0.2, 0.25) is 5.91 Å². The van der Waals surface area contributed by atoms with Crippen molar-refractivity contribution >= 4 is 34.1 Å². The van der Waals surface area contributed by atoms with Gasteiger partial charge in [-0.2, -0.15) is 0 Å². The van der Waals surface area contributed by atoms with Gasteiger partial charge in [-0.15, -0.1) is 11.3 Å². The summed E-state index contributed by atoms with van der Waals surface area (Å²) >= 11 is 1.50. The summed E-state index contributed by atoms with van der Waals surface area (Å²) in [5, 5.41) is 8.15. The smallest absolute Gasteiger partial charge is 0.308 e. The predicted molar refractivity (Wildman–Crippen MR) is 140 cm³/mol. The topological polar surface area (TPSA) is 89.9 Å². The Morgan fingerprint density at radius 1 is 1.31 bits per heavy atom. The number of oxime groups is 1. The van der Waals surface area contributed by atoms with E-state index < -0.39 is 0 Å². The highest BCUT2D eigenvalue weighted by molar-refractivity contribution is 7.15. The summed E-state index contributed by atoms with van der Waals surface area (Å²) in [6.07, 6.45) is 8.24. The molecule has 1 aromatic carbocycles. The van der Waals surface area contributed by atoms with Crippen molar-refractivity contribution in [2.24, 2.45) is 28.3 Å². The van der Waals surface area contributed by atoms with Gasteiger partial charge in [0, 0.05) is 29.8 Å². The number of nitrogens with zero attached hydrogens (tertiary/aromatic N) is 2. The van der Waals surface area contributed by atoms with Crippen molar-refractivity contribution in [3.05, 3.63) is 40.4 Å². The third-order valence-electron chi connectivity index (χ3n) is 8.64. The number of benzene rings is 1. The van der Waals surface area contributed by atoms with E-state index in [4.69, 9.17) is 9.57 Å². The van der Waals surface area contributed by atoms with Gasteiger partial charge in [0.25, 0.3) is 0 Å². The molecule has 36 heavy (non-hydrogen) atoms. The Kier molecular flexibility index (Phi) is 6.90. The lowest BCUT2D eigenvalue weighted by Gasteiger charge is -2.50. The van der Waals surface area contributed by atoms with Crippen molar-refractivity contribution in [2.45, 2.75) is 71.6 Å². The van der Waals surface area contributed by atoms with Crippen molar-refractivity contribution in [3.8, 4) is 5.75 Å². The van der Waals surface area contributed by atoms with E-state index in [0.717, 1.165) is 49.1 Å². The molecule has 1 heterocycles. The number of aryl methyl sites for hydroxylation is 2. The molecule has 0 radical (unpaired) electrons. The zero-order valence-electron chi connectivity index (χ0n) is 21.5. The maximum Gasteiger partial charge on any atom is 0.308 e. The van der Waals surface area contributed by atoms with Crippen molar-refractivity contribution in [2.75, 3.05) is 12.4 Å². The van der Waals surface area contributed by atoms with Crippen LogP contribution in [0, 0.1) is 30.1 Å². The molecule has 3 unspecified atom stereocenters. The molecule has 8 heteroatoms. The Labute approximate surface area is 216 Å². The number of nitrogens with one attached hydrogen (secondary N) is 1. The van der Waals surface area contributed by atoms with Gasteiger partial charge in [-0.3, -0.25) is 9.59 Å². The van der Waals surface area contributed by atoms with Crippen LogP contribution < -0.4 is 10.1 Å². The summed E-state index contributed by atoms with van der Waals surface area (Å²) in [6.45, 7) is 5.79. The van der Waals surface area contributed by atoms with Crippen LogP contribution in [0.3, 0.4) is 0 Å². The SMILES string of the molecule is CO/N=C1\C[C@@H](CCC(=O)Nc2ncc(C)s2)C2C3CCc4cc(OC(C)=O)ccc4C3CC[C@]12C. The Bertz CT molecular complexity index is 1190. The number of thiazole rings is 1. The van der Waals surface area contributed by atoms with Crippen LogP contribution in [-0.2, 0) is 20.8 Å². The minimum absolute atomic E-state index is 0.0000753. The number of rotatable bonds is 6. The lowest BCUT2D eigenvalue weighted by atomic mass is 9.54. The summed E-state index contributed by atoms with van der Waals surface area (Å²) in [4.78, 5) is 34.8. The number of esters is 1. The van der Waals surface area contributed by atoms with Gasteiger partial charge in [-0.05, 0) is 92.4 Å². The summed E-state index contributed by atoms with van der Waals surface area (Å²) in [5.41, 5.74) is 3.86. The van der Waals surface area contributed by atoms with Crippen LogP contribution >= 0.6 is 11.3 Å². The molecule has 1 N–H and O–H groups in total. The number of fused-ring (bicyclic) bond motifs is 5. The Balaban J connectivity index is 1.36. The molecule has 3 aliphatic rings. The average Bonchev–Trinajstić information content (AvgIpc) is 3.37. The summed E-state index contributed by atoms with van der Waals surface area (Å²) < 4.78 is 5.35. The number of hydrogen-bond acceptors (Lipinski definition) is 7. The van der Waals surface area contributed by atoms with E-state index in [1.165, 1.54) is 29.4 Å². The van der Waals surface area contributed by atoms with E-state index in [-0.39, 0.29) is 17.3 Å². The van der Waals surface area contributed by atoms with E-state index in [0.29, 0.717) is 41.0 Å². The van der Waals surface area contributed by atoms with Crippen molar-refractivity contribution in [3.63, 3.8) is 0 Å². The van der Waals surface area contributed by atoms with Crippen LogP contribution in [0.2, 0.25) is 0 Å². The second-order valence-corrected chi connectivity index (χ2v) is 12.0. The molecule has 1 aromatic heterocycles. The van der Waals surface area contributed by atoms with E-state index in [9.17, 15) is 9.59 Å². The molecular formula is C28H35N3O4S. The third kappa shape index (κ3) is 4.67. The van der Waals surface area contributed by atoms with E-state index >= 15 is 0 Å². The fourth-order valence-corrected chi connectivity index (χ4v) is 7.98. The molecule has 0 saturated heterocycles. The molecular weight excluding hydrogens is 474 g/mol. The predicted octanol–water partition coefficient (Wildman–Crippen LogP) is 5.88. The molecule has 0 bridgehead atoms. The van der Waals surface area contributed by atoms with E-state index in [2.05, 4.69) is 34.5 Å². The Morgan fingerprint density at radius 2 is 2.14 bits per heavy atom. The molecule has 0 aliphatic heterocycles. The van der Waals surface area contributed by atoms with Gasteiger partial charge in [0.15, 0.2) is 5.13 Å². The van der Waals surface area contributed by atoms with Gasteiger partial charge in [0.05, 0.1) is 5.71 Å². The van der Waals surface area contributed by atoms with Crippen molar-refractivity contribution in [1.29, 1.82) is 0 Å². The molecule has 192 valence electrons. The first kappa shape index (κ1) is 24.9. The van der Waals surface area contributed by atoms with Gasteiger partial charge < -0.3 is 14.9 Å². The molecule has 3 aliphatic carbocycles. The highest BCUT2D eigenvalue weighted by Crippen LogP contribution is 2.62. The number of anilines is 1. The number of carbonyl (C=O) groups excluding carboxylic acids is 2. The number of hydrogen-bond donors (Lipinski definition) is 1. The van der Waals surface area contributed by atoms with Crippen LogP contribution in [0.5, 0.6) is 5.75 Å². The van der Waals surface area contributed by atoms with Crippen molar-refractivity contribution < 1.29 is 19.2 Å². The Hall–Kier alpha value is -2.74. The minimum atomic E-state index is -0.287. The first-order valence-electron chi connectivity index (χ1n) is 12.9. The standard InChI is InChI=1S/C28H35N3O4S/c1-16-15-29-27(36-16)30-25(33)10-6-19-14-24(31-34-4)28(3)12-11-22-21-9-7-20(35-17(2)32)13-18(21)5-8-23(22)26(19)28/h7,9,13,15,19,22-23,26H,5-6,8,10-12,14H2,1-4H3,(H,29,30,33)/b31-24+/t19-,22?,23?,26?,28-/m1/s1. The maximum atomic E-state index is 12.7. The highest BCUT2D eigenvalue weighted by Gasteiger charge is 2.57. The second kappa shape index (κ2) is 9.96. The van der Waals surface area contributed by atoms with Gasteiger partial charge in [-0.25, -0.2) is 4.98 Å². The van der Waals surface area contributed by atoms with Crippen LogP contribution in [0.1, 0.15) is 74.3 Å². The number of ether oxygens (including phenoxy) is 1. The molecule has 1 amide bonds. The number of carbonyl (C=O) groups is 2. The molecule has 5 atom stereocenters. The fraction of sp³-hybridized carbons (Fsp3) is 0.571. The number of amides is 1. The Morgan fingerprint density at radius 3 is 2.86 bits per heavy atom. The van der Waals surface area contributed by atoms with Crippen LogP contribution in [-0.4, -0.2) is 29.7 Å². The summed E-state index contributed by atoms with van der Waals surface area (Å²) in [5.74, 6) is 2.25. The van der Waals surface area contributed by atoms with Gasteiger partial charge >= 0.3 is 5.97 Å². The lowest BCUT2D eigenvalue weighted by Crippen LogP contribution is -2.44. The highest BCUT2D eigenvalue weighted by atomic mass is 32.1. The first-order chi connectivity index (χ1) is 17.3. The second-order valence-electron chi connectivity index (χ2n) is 10.8. The van der Waals surface area contributed by atoms with Crippen molar-refractivity contribution in [1.82, 2.24) is 4.98 Å². The third-order valence-corrected chi connectivity index (χ3v) is 9.47. The molecule has 2 saturated carbocycles. The van der Waals surface area contributed by atoms with Crippen LogP contribution in [0.25, 0.3) is 0 Å². The summed E-state index contributed by atoms with van der Waals surface area (Å²) in [6, 6.07) is 6.16. The summed E-state index contributed by atoms with van der Waals surface area (Å²) in [7, 11) is 1.63. The molecule has 0 spiro atoms. The van der Waals surface area contributed by atoms with E-state index in [1.807, 2.05) is 13.0 Å². The minimum Gasteiger partial charge on any atom is -0.427 e. The molecule has 2 fully saturated rings. The van der Waals surface area contributed by atoms with Gasteiger partial charge in [-0.1, -0.05) is 18.1 Å². The average molecular weight is 510 g/mol. The van der Waals surface area contributed by atoms with Crippen LogP contribution in [0.15, 0.2) is 29.6 Å². The molecule has 5 rings (SSSR count). The molecule has 7 nitrogen and oxygen atoms in total. The monoisotopic (exact) mass is 509 g/mol. The first-order valence-corrected chi connectivity index (χ1v) is 13.7. The van der Waals surface area contributed by atoms with Gasteiger partial charge in [0.1, 0.15) is 12.9 Å².